The topological polar surface area (TPSA) is 49.8 Å². The molecule has 1 heterocycles. The van der Waals surface area contributed by atoms with Gasteiger partial charge in [0.15, 0.2) is 0 Å². The first-order chi connectivity index (χ1) is 7.50. The van der Waals surface area contributed by atoms with Crippen LogP contribution in [0.15, 0.2) is 0 Å². The van der Waals surface area contributed by atoms with Crippen LogP contribution in [0.4, 0.5) is 4.79 Å². The first-order valence-electron chi connectivity index (χ1n) is 6.16. The highest BCUT2D eigenvalue weighted by Crippen LogP contribution is 2.39. The van der Waals surface area contributed by atoms with Crippen LogP contribution >= 0.6 is 0 Å². The van der Waals surface area contributed by atoms with Gasteiger partial charge in [-0.15, -0.1) is 0 Å². The molecule has 1 saturated heterocycles. The smallest absolute Gasteiger partial charge is 0.410 e. The molecule has 4 heteroatoms. The number of aliphatic hydroxyl groups is 1. The molecular formula is C12H21NO3. The maximum absolute atomic E-state index is 11.8. The summed E-state index contributed by atoms with van der Waals surface area (Å²) in [7, 11) is 0. The molecule has 1 unspecified atom stereocenters. The van der Waals surface area contributed by atoms with E-state index in [1.165, 1.54) is 0 Å². The molecule has 1 atom stereocenters. The number of piperidine rings is 1. The van der Waals surface area contributed by atoms with Crippen molar-refractivity contribution < 1.29 is 14.6 Å². The Hall–Kier alpha value is -0.770. The van der Waals surface area contributed by atoms with Gasteiger partial charge in [-0.2, -0.15) is 0 Å². The van der Waals surface area contributed by atoms with Crippen molar-refractivity contribution in [3.63, 3.8) is 0 Å². The highest BCUT2D eigenvalue weighted by molar-refractivity contribution is 5.68. The standard InChI is InChI=1S/C12H21NO3/c1-9(14)10-3-7-13(8-4-10)11(15)16-12(2)5-6-12/h9-10,14H,3-8H2,1-2H3. The van der Waals surface area contributed by atoms with Crippen molar-refractivity contribution in [2.75, 3.05) is 13.1 Å². The number of nitrogens with zero attached hydrogens (tertiary/aromatic N) is 1. The fraction of sp³-hybridized carbons (Fsp3) is 0.917. The molecule has 2 rings (SSSR count). The summed E-state index contributed by atoms with van der Waals surface area (Å²) in [5.41, 5.74) is -0.182. The first-order valence-corrected chi connectivity index (χ1v) is 6.16. The largest absolute Gasteiger partial charge is 0.443 e. The predicted molar refractivity (Wildman–Crippen MR) is 60.1 cm³/mol. The molecule has 1 aliphatic heterocycles. The minimum atomic E-state index is -0.265. The zero-order valence-corrected chi connectivity index (χ0v) is 10.1. The van der Waals surface area contributed by atoms with E-state index in [0.717, 1.165) is 25.7 Å². The molecule has 0 radical (unpaired) electrons. The Morgan fingerprint density at radius 3 is 2.44 bits per heavy atom. The summed E-state index contributed by atoms with van der Waals surface area (Å²) in [6.45, 7) is 5.23. The van der Waals surface area contributed by atoms with Gasteiger partial charge in [-0.3, -0.25) is 0 Å². The normalized spacial score (nSPS) is 26.3. The molecule has 16 heavy (non-hydrogen) atoms. The van der Waals surface area contributed by atoms with E-state index in [9.17, 15) is 9.90 Å². The Balaban J connectivity index is 1.77. The Labute approximate surface area is 96.6 Å². The number of ether oxygens (including phenoxy) is 1. The highest BCUT2D eigenvalue weighted by Gasteiger charge is 2.43. The zero-order chi connectivity index (χ0) is 11.8. The van der Waals surface area contributed by atoms with E-state index in [2.05, 4.69) is 0 Å². The lowest BCUT2D eigenvalue weighted by Gasteiger charge is -2.33. The van der Waals surface area contributed by atoms with Gasteiger partial charge in [-0.05, 0) is 45.4 Å². The Bertz CT molecular complexity index is 265. The second-order valence-electron chi connectivity index (χ2n) is 5.38. The van der Waals surface area contributed by atoms with Gasteiger partial charge in [-0.25, -0.2) is 4.79 Å². The highest BCUT2D eigenvalue weighted by atomic mass is 16.6. The Morgan fingerprint density at radius 2 is 2.00 bits per heavy atom. The van der Waals surface area contributed by atoms with E-state index in [-0.39, 0.29) is 17.8 Å². The quantitative estimate of drug-likeness (QED) is 0.782. The van der Waals surface area contributed by atoms with Crippen LogP contribution in [0.25, 0.3) is 0 Å². The third kappa shape index (κ3) is 2.67. The molecule has 0 bridgehead atoms. The molecule has 0 aromatic carbocycles. The zero-order valence-electron chi connectivity index (χ0n) is 10.1. The molecule has 0 spiro atoms. The van der Waals surface area contributed by atoms with Crippen molar-refractivity contribution in [3.05, 3.63) is 0 Å². The number of carbonyl (C=O) groups is 1. The number of aliphatic hydroxyl groups excluding tert-OH is 1. The van der Waals surface area contributed by atoms with Crippen LogP contribution in [0, 0.1) is 5.92 Å². The SMILES string of the molecule is CC(O)C1CCN(C(=O)OC2(C)CC2)CC1. The van der Waals surface area contributed by atoms with E-state index in [0.29, 0.717) is 19.0 Å². The van der Waals surface area contributed by atoms with Gasteiger partial charge in [-0.1, -0.05) is 0 Å². The van der Waals surface area contributed by atoms with E-state index in [1.807, 2.05) is 13.8 Å². The molecule has 2 fully saturated rings. The van der Waals surface area contributed by atoms with Crippen LogP contribution in [0.1, 0.15) is 39.5 Å². The van der Waals surface area contributed by atoms with E-state index in [1.54, 1.807) is 4.90 Å². The van der Waals surface area contributed by atoms with Crippen molar-refractivity contribution in [1.29, 1.82) is 0 Å². The lowest BCUT2D eigenvalue weighted by molar-refractivity contribution is 0.0331. The molecule has 1 amide bonds. The number of carbonyl (C=O) groups excluding carboxylic acids is 1. The van der Waals surface area contributed by atoms with E-state index in [4.69, 9.17) is 4.74 Å². The van der Waals surface area contributed by atoms with Crippen molar-refractivity contribution in [3.8, 4) is 0 Å². The average Bonchev–Trinajstić information content (AvgIpc) is 2.96. The van der Waals surface area contributed by atoms with Crippen molar-refractivity contribution in [2.45, 2.75) is 51.2 Å². The van der Waals surface area contributed by atoms with Crippen LogP contribution in [-0.4, -0.2) is 40.9 Å². The number of hydrogen-bond donors (Lipinski definition) is 1. The lowest BCUT2D eigenvalue weighted by atomic mass is 9.92. The molecule has 0 aromatic heterocycles. The molecule has 4 nitrogen and oxygen atoms in total. The maximum Gasteiger partial charge on any atom is 0.410 e. The Morgan fingerprint density at radius 1 is 1.44 bits per heavy atom. The van der Waals surface area contributed by atoms with Gasteiger partial charge in [0, 0.05) is 13.1 Å². The number of hydrogen-bond acceptors (Lipinski definition) is 3. The minimum absolute atomic E-state index is 0.177. The molecule has 1 saturated carbocycles. The summed E-state index contributed by atoms with van der Waals surface area (Å²) >= 11 is 0. The molecule has 2 aliphatic rings. The second kappa shape index (κ2) is 4.24. The van der Waals surface area contributed by atoms with Crippen molar-refractivity contribution >= 4 is 6.09 Å². The van der Waals surface area contributed by atoms with E-state index >= 15 is 0 Å². The van der Waals surface area contributed by atoms with Crippen LogP contribution in [0.5, 0.6) is 0 Å². The summed E-state index contributed by atoms with van der Waals surface area (Å²) in [5, 5.41) is 9.46. The number of likely N-dealkylation sites (tertiary alicyclic amines) is 1. The van der Waals surface area contributed by atoms with Crippen LogP contribution < -0.4 is 0 Å². The average molecular weight is 227 g/mol. The molecule has 1 aliphatic carbocycles. The van der Waals surface area contributed by atoms with E-state index < -0.39 is 0 Å². The summed E-state index contributed by atoms with van der Waals surface area (Å²) in [5.74, 6) is 0.334. The maximum atomic E-state index is 11.8. The van der Waals surface area contributed by atoms with Crippen LogP contribution in [0.2, 0.25) is 0 Å². The molecule has 0 aromatic rings. The lowest BCUT2D eigenvalue weighted by Crippen LogP contribution is -2.42. The van der Waals surface area contributed by atoms with Crippen molar-refractivity contribution in [1.82, 2.24) is 4.90 Å². The Kier molecular flexibility index (Phi) is 3.10. The third-order valence-corrected chi connectivity index (χ3v) is 3.77. The molecular weight excluding hydrogens is 206 g/mol. The van der Waals surface area contributed by atoms with Gasteiger partial charge in [0.25, 0.3) is 0 Å². The summed E-state index contributed by atoms with van der Waals surface area (Å²) in [6, 6.07) is 0. The molecule has 92 valence electrons. The van der Waals surface area contributed by atoms with Crippen LogP contribution in [0.3, 0.4) is 0 Å². The van der Waals surface area contributed by atoms with Gasteiger partial charge < -0.3 is 14.7 Å². The third-order valence-electron chi connectivity index (χ3n) is 3.77. The van der Waals surface area contributed by atoms with Gasteiger partial charge >= 0.3 is 6.09 Å². The van der Waals surface area contributed by atoms with Crippen LogP contribution in [-0.2, 0) is 4.74 Å². The number of rotatable bonds is 2. The fourth-order valence-corrected chi connectivity index (χ4v) is 2.12. The summed E-state index contributed by atoms with van der Waals surface area (Å²) in [4.78, 5) is 13.5. The van der Waals surface area contributed by atoms with Gasteiger partial charge in [0.05, 0.1) is 6.10 Å². The van der Waals surface area contributed by atoms with Gasteiger partial charge in [0.1, 0.15) is 5.60 Å². The second-order valence-corrected chi connectivity index (χ2v) is 5.38. The summed E-state index contributed by atoms with van der Waals surface area (Å²) < 4.78 is 5.41. The van der Waals surface area contributed by atoms with Crippen molar-refractivity contribution in [2.24, 2.45) is 5.92 Å². The number of amides is 1. The van der Waals surface area contributed by atoms with Gasteiger partial charge in [0.2, 0.25) is 0 Å². The predicted octanol–water partition coefficient (Wildman–Crippen LogP) is 1.77. The first kappa shape index (κ1) is 11.7. The fourth-order valence-electron chi connectivity index (χ4n) is 2.12. The summed E-state index contributed by atoms with van der Waals surface area (Å²) in [6.07, 6.45) is 3.29. The monoisotopic (exact) mass is 227 g/mol. The minimum Gasteiger partial charge on any atom is -0.443 e. The molecule has 1 N–H and O–H groups in total.